The molecule has 1 heterocycles. The van der Waals surface area contributed by atoms with E-state index in [4.69, 9.17) is 10.5 Å². The quantitative estimate of drug-likeness (QED) is 0.799. The zero-order chi connectivity index (χ0) is 17.3. The van der Waals surface area contributed by atoms with Crippen molar-refractivity contribution in [3.8, 4) is 22.8 Å². The second-order valence-corrected chi connectivity index (χ2v) is 5.13. The van der Waals surface area contributed by atoms with Gasteiger partial charge in [0.2, 0.25) is 0 Å². The van der Waals surface area contributed by atoms with Crippen LogP contribution in [-0.4, -0.2) is 15.5 Å². The van der Waals surface area contributed by atoms with Gasteiger partial charge in [0.1, 0.15) is 11.6 Å². The van der Waals surface area contributed by atoms with Crippen LogP contribution in [0.2, 0.25) is 0 Å². The molecule has 122 valence electrons. The Bertz CT molecular complexity index is 905. The third kappa shape index (κ3) is 3.10. The highest BCUT2D eigenvalue weighted by Crippen LogP contribution is 2.27. The molecule has 0 unspecified atom stereocenters. The van der Waals surface area contributed by atoms with Crippen molar-refractivity contribution in [2.45, 2.75) is 0 Å². The summed E-state index contributed by atoms with van der Waals surface area (Å²) in [5, 5.41) is 0. The summed E-state index contributed by atoms with van der Waals surface area (Å²) in [6.45, 7) is 0. The Balaban J connectivity index is 1.83. The zero-order valence-electron chi connectivity index (χ0n) is 12.7. The normalized spacial score (nSPS) is 10.6. The molecule has 3 rings (SSSR count). The third-order valence-corrected chi connectivity index (χ3v) is 3.37. The minimum Gasteiger partial charge on any atom is -0.454 e. The third-order valence-electron chi connectivity index (χ3n) is 3.37. The lowest BCUT2D eigenvalue weighted by Crippen LogP contribution is -2.16. The van der Waals surface area contributed by atoms with Gasteiger partial charge in [-0.2, -0.15) is 0 Å². The van der Waals surface area contributed by atoms with E-state index < -0.39 is 17.5 Å². The fraction of sp³-hybridized carbons (Fsp3) is 0.0588. The molecule has 0 atom stereocenters. The molecule has 0 saturated carbocycles. The van der Waals surface area contributed by atoms with Crippen molar-refractivity contribution in [1.82, 2.24) is 9.55 Å². The summed E-state index contributed by atoms with van der Waals surface area (Å²) >= 11 is 0. The molecule has 2 N–H and O–H groups in total. The summed E-state index contributed by atoms with van der Waals surface area (Å²) in [7, 11) is 1.67. The Labute approximate surface area is 136 Å². The Kier molecular flexibility index (Phi) is 3.99. The number of ether oxygens (including phenoxy) is 1. The highest BCUT2D eigenvalue weighted by molar-refractivity contribution is 5.90. The van der Waals surface area contributed by atoms with Crippen LogP contribution in [0.25, 0.3) is 11.3 Å². The molecule has 7 heteroatoms. The Morgan fingerprint density at radius 1 is 1.17 bits per heavy atom. The number of primary amides is 1. The van der Waals surface area contributed by atoms with Gasteiger partial charge >= 0.3 is 0 Å². The van der Waals surface area contributed by atoms with Crippen molar-refractivity contribution in [2.24, 2.45) is 12.8 Å². The van der Waals surface area contributed by atoms with E-state index in [-0.39, 0.29) is 11.6 Å². The first-order valence-electron chi connectivity index (χ1n) is 7.00. The highest BCUT2D eigenvalue weighted by Gasteiger charge is 2.12. The maximum atomic E-state index is 13.6. The Hall–Kier alpha value is -3.22. The molecule has 0 radical (unpaired) electrons. The SMILES string of the molecule is Cn1cc(-c2ccc(Oc3ccc(F)cc3F)cc2)nc1C(N)=O. The molecule has 0 bridgehead atoms. The molecule has 0 saturated heterocycles. The molecular weight excluding hydrogens is 316 g/mol. The Morgan fingerprint density at radius 2 is 1.88 bits per heavy atom. The number of amides is 1. The Morgan fingerprint density at radius 3 is 2.46 bits per heavy atom. The number of carbonyl (C=O) groups excluding carboxylic acids is 1. The van der Waals surface area contributed by atoms with Crippen molar-refractivity contribution < 1.29 is 18.3 Å². The lowest BCUT2D eigenvalue weighted by Gasteiger charge is -2.07. The van der Waals surface area contributed by atoms with E-state index in [0.717, 1.165) is 17.7 Å². The van der Waals surface area contributed by atoms with Crippen LogP contribution < -0.4 is 10.5 Å². The molecule has 0 aliphatic heterocycles. The fourth-order valence-corrected chi connectivity index (χ4v) is 2.21. The molecule has 2 aromatic carbocycles. The number of imidazole rings is 1. The van der Waals surface area contributed by atoms with Crippen LogP contribution in [-0.2, 0) is 7.05 Å². The van der Waals surface area contributed by atoms with Crippen molar-refractivity contribution in [3.05, 3.63) is 66.1 Å². The lowest BCUT2D eigenvalue weighted by atomic mass is 10.1. The first kappa shape index (κ1) is 15.7. The van der Waals surface area contributed by atoms with Gasteiger partial charge in [-0.05, 0) is 36.4 Å². The van der Waals surface area contributed by atoms with Crippen LogP contribution in [0.15, 0.2) is 48.7 Å². The largest absolute Gasteiger partial charge is 0.454 e. The van der Waals surface area contributed by atoms with Gasteiger partial charge in [-0.25, -0.2) is 13.8 Å². The van der Waals surface area contributed by atoms with Gasteiger partial charge in [-0.1, -0.05) is 0 Å². The number of hydrogen-bond donors (Lipinski definition) is 1. The average molecular weight is 329 g/mol. The second-order valence-electron chi connectivity index (χ2n) is 5.13. The van der Waals surface area contributed by atoms with E-state index in [1.807, 2.05) is 0 Å². The zero-order valence-corrected chi connectivity index (χ0v) is 12.7. The van der Waals surface area contributed by atoms with Crippen molar-refractivity contribution in [3.63, 3.8) is 0 Å². The van der Waals surface area contributed by atoms with Crippen molar-refractivity contribution >= 4 is 5.91 Å². The first-order valence-corrected chi connectivity index (χ1v) is 7.00. The van der Waals surface area contributed by atoms with Gasteiger partial charge in [0.15, 0.2) is 17.4 Å². The predicted molar refractivity (Wildman–Crippen MR) is 83.6 cm³/mol. The molecule has 0 fully saturated rings. The van der Waals surface area contributed by atoms with E-state index >= 15 is 0 Å². The average Bonchev–Trinajstić information content (AvgIpc) is 2.93. The van der Waals surface area contributed by atoms with Crippen LogP contribution in [0.3, 0.4) is 0 Å². The van der Waals surface area contributed by atoms with Crippen LogP contribution >= 0.6 is 0 Å². The summed E-state index contributed by atoms with van der Waals surface area (Å²) in [5.74, 6) is -1.60. The van der Waals surface area contributed by atoms with Crippen LogP contribution in [0.5, 0.6) is 11.5 Å². The number of nitrogens with zero attached hydrogens (tertiary/aromatic N) is 2. The highest BCUT2D eigenvalue weighted by atomic mass is 19.1. The summed E-state index contributed by atoms with van der Waals surface area (Å²) < 4.78 is 33.4. The number of hydrogen-bond acceptors (Lipinski definition) is 3. The van der Waals surface area contributed by atoms with Crippen LogP contribution in [0.4, 0.5) is 8.78 Å². The van der Waals surface area contributed by atoms with Gasteiger partial charge in [0.05, 0.1) is 5.69 Å². The minimum atomic E-state index is -0.782. The van der Waals surface area contributed by atoms with Gasteiger partial charge in [-0.3, -0.25) is 4.79 Å². The topological polar surface area (TPSA) is 70.1 Å². The smallest absolute Gasteiger partial charge is 0.284 e. The van der Waals surface area contributed by atoms with E-state index in [9.17, 15) is 13.6 Å². The fourth-order valence-electron chi connectivity index (χ4n) is 2.21. The number of aryl methyl sites for hydroxylation is 1. The number of halogens is 2. The molecule has 3 aromatic rings. The summed E-state index contributed by atoms with van der Waals surface area (Å²) in [6, 6.07) is 9.76. The number of aromatic nitrogens is 2. The number of benzene rings is 2. The first-order chi connectivity index (χ1) is 11.4. The molecular formula is C17H13F2N3O2. The van der Waals surface area contributed by atoms with Crippen LogP contribution in [0, 0.1) is 11.6 Å². The number of rotatable bonds is 4. The number of carbonyl (C=O) groups is 1. The lowest BCUT2D eigenvalue weighted by molar-refractivity contribution is 0.0987. The van der Waals surface area contributed by atoms with Gasteiger partial charge < -0.3 is 15.0 Å². The molecule has 1 aromatic heterocycles. The molecule has 1 amide bonds. The summed E-state index contributed by atoms with van der Waals surface area (Å²) in [4.78, 5) is 15.4. The minimum absolute atomic E-state index is 0.0713. The molecule has 5 nitrogen and oxygen atoms in total. The molecule has 0 aliphatic rings. The van der Waals surface area contributed by atoms with E-state index in [1.54, 1.807) is 37.5 Å². The summed E-state index contributed by atoms with van der Waals surface area (Å²) in [6.07, 6.45) is 1.68. The molecule has 24 heavy (non-hydrogen) atoms. The maximum absolute atomic E-state index is 13.6. The van der Waals surface area contributed by atoms with Crippen LogP contribution in [0.1, 0.15) is 10.6 Å². The predicted octanol–water partition coefficient (Wildman–Crippen LogP) is 3.26. The van der Waals surface area contributed by atoms with Crippen molar-refractivity contribution in [2.75, 3.05) is 0 Å². The second kappa shape index (κ2) is 6.11. The van der Waals surface area contributed by atoms with Crippen molar-refractivity contribution in [1.29, 1.82) is 0 Å². The molecule has 0 aliphatic carbocycles. The van der Waals surface area contributed by atoms with E-state index in [1.165, 1.54) is 10.6 Å². The van der Waals surface area contributed by atoms with Gasteiger partial charge in [0, 0.05) is 24.9 Å². The maximum Gasteiger partial charge on any atom is 0.284 e. The van der Waals surface area contributed by atoms with E-state index in [2.05, 4.69) is 4.98 Å². The standard InChI is InChI=1S/C17H13F2N3O2/c1-22-9-14(21-17(22)16(20)23)10-2-5-12(6-3-10)24-15-7-4-11(18)8-13(15)19/h2-9H,1H3,(H2,20,23). The van der Waals surface area contributed by atoms with Gasteiger partial charge in [0.25, 0.3) is 5.91 Å². The monoisotopic (exact) mass is 329 g/mol. The van der Waals surface area contributed by atoms with Gasteiger partial charge in [-0.15, -0.1) is 0 Å². The van der Waals surface area contributed by atoms with E-state index in [0.29, 0.717) is 11.4 Å². The molecule has 0 spiro atoms. The summed E-state index contributed by atoms with van der Waals surface area (Å²) in [5.41, 5.74) is 6.55. The number of nitrogens with two attached hydrogens (primary N) is 1.